The predicted octanol–water partition coefficient (Wildman–Crippen LogP) is 8.89. The molecule has 0 bridgehead atoms. The molecule has 1 unspecified atom stereocenters. The van der Waals surface area contributed by atoms with E-state index in [1.54, 1.807) is 7.11 Å². The molecule has 0 radical (unpaired) electrons. The Labute approximate surface area is 264 Å². The van der Waals surface area contributed by atoms with Crippen LogP contribution < -0.4 is 14.4 Å². The Morgan fingerprint density at radius 3 is 2.33 bits per heavy atom. The average Bonchev–Trinajstić information content (AvgIpc) is 3.34. The quantitative estimate of drug-likeness (QED) is 0.196. The largest absolute Gasteiger partial charge is 0.497 e. The Morgan fingerprint density at radius 1 is 0.844 bits per heavy atom. The minimum Gasteiger partial charge on any atom is -0.497 e. The molecule has 222 valence electrons. The first kappa shape index (κ1) is 27.5. The Morgan fingerprint density at radius 2 is 1.60 bits per heavy atom. The molecule has 5 nitrogen and oxygen atoms in total. The van der Waals surface area contributed by atoms with Gasteiger partial charge >= 0.3 is 0 Å². The van der Waals surface area contributed by atoms with Gasteiger partial charge in [0.2, 0.25) is 0 Å². The van der Waals surface area contributed by atoms with E-state index in [-0.39, 0.29) is 5.41 Å². The summed E-state index contributed by atoms with van der Waals surface area (Å²) in [5.41, 5.74) is 8.66. The van der Waals surface area contributed by atoms with Crippen molar-refractivity contribution >= 4 is 28.2 Å². The molecule has 1 atom stereocenters. The van der Waals surface area contributed by atoms with Crippen molar-refractivity contribution in [1.82, 2.24) is 0 Å². The van der Waals surface area contributed by atoms with Gasteiger partial charge in [0.05, 0.1) is 26.9 Å². The number of fused-ring (bicyclic) bond motifs is 8. The van der Waals surface area contributed by atoms with Crippen molar-refractivity contribution in [3.8, 4) is 22.6 Å². The van der Waals surface area contributed by atoms with Crippen LogP contribution in [0.2, 0.25) is 0 Å². The second-order valence-electron chi connectivity index (χ2n) is 12.6. The molecule has 0 aromatic heterocycles. The van der Waals surface area contributed by atoms with Crippen LogP contribution in [0, 0.1) is 6.57 Å². The molecule has 8 rings (SSSR count). The molecule has 1 aliphatic carbocycles. The maximum Gasteiger partial charge on any atom is 0.187 e. The minimum atomic E-state index is -0.838. The molecule has 3 aliphatic rings. The smallest absolute Gasteiger partial charge is 0.187 e. The molecule has 45 heavy (non-hydrogen) atoms. The van der Waals surface area contributed by atoms with E-state index in [0.29, 0.717) is 5.69 Å². The van der Waals surface area contributed by atoms with Crippen LogP contribution in [-0.4, -0.2) is 33.4 Å². The predicted molar refractivity (Wildman–Crippen MR) is 181 cm³/mol. The van der Waals surface area contributed by atoms with Crippen LogP contribution in [0.5, 0.6) is 11.5 Å². The number of morpholine rings is 1. The van der Waals surface area contributed by atoms with Crippen LogP contribution in [0.4, 0.5) is 11.4 Å². The van der Waals surface area contributed by atoms with Gasteiger partial charge in [0, 0.05) is 46.3 Å². The van der Waals surface area contributed by atoms with E-state index < -0.39 is 5.60 Å². The van der Waals surface area contributed by atoms with Crippen LogP contribution in [0.3, 0.4) is 0 Å². The van der Waals surface area contributed by atoms with Gasteiger partial charge in [0.1, 0.15) is 11.5 Å². The lowest BCUT2D eigenvalue weighted by atomic mass is 9.76. The lowest BCUT2D eigenvalue weighted by Gasteiger charge is -2.38. The Hall–Kier alpha value is -5.05. The minimum absolute atomic E-state index is 0.330. The normalized spacial score (nSPS) is 19.3. The van der Waals surface area contributed by atoms with E-state index in [2.05, 4.69) is 109 Å². The van der Waals surface area contributed by atoms with Gasteiger partial charge in [-0.05, 0) is 64.0 Å². The number of rotatable bonds is 4. The van der Waals surface area contributed by atoms with E-state index in [0.717, 1.165) is 65.3 Å². The fourth-order valence-electron chi connectivity index (χ4n) is 7.55. The van der Waals surface area contributed by atoms with Gasteiger partial charge in [-0.3, -0.25) is 0 Å². The van der Waals surface area contributed by atoms with Gasteiger partial charge in [0.15, 0.2) is 11.3 Å². The lowest BCUT2D eigenvalue weighted by Crippen LogP contribution is -2.37. The summed E-state index contributed by atoms with van der Waals surface area (Å²) in [5, 5.41) is 2.13. The molecular weight excluding hydrogens is 556 g/mol. The summed E-state index contributed by atoms with van der Waals surface area (Å²) in [7, 11) is 1.70. The maximum absolute atomic E-state index is 7.67. The number of methoxy groups -OCH3 is 1. The molecule has 0 saturated carbocycles. The summed E-state index contributed by atoms with van der Waals surface area (Å²) >= 11 is 0. The van der Waals surface area contributed by atoms with Gasteiger partial charge in [-0.1, -0.05) is 80.6 Å². The van der Waals surface area contributed by atoms with E-state index in [1.807, 2.05) is 18.2 Å². The van der Waals surface area contributed by atoms with E-state index in [1.165, 1.54) is 27.9 Å². The third-order valence-corrected chi connectivity index (χ3v) is 9.83. The van der Waals surface area contributed by atoms with Crippen molar-refractivity contribution in [1.29, 1.82) is 0 Å². The van der Waals surface area contributed by atoms with Crippen LogP contribution in [0.15, 0.2) is 97.1 Å². The van der Waals surface area contributed by atoms with Crippen LogP contribution in [-0.2, 0) is 15.8 Å². The first-order valence-electron chi connectivity index (χ1n) is 15.5. The Balaban J connectivity index is 1.37. The highest BCUT2D eigenvalue weighted by Gasteiger charge is 2.44. The standard InChI is InChI=1S/C40H34N2O3/c1-39(2)35-24-28(41-3)12-16-32(35)36-31-17-15-30(43-4)25-34(31)38-33(37(36)39)18-19-40(45-38,26-8-6-5-7-9-26)27-10-13-29(14-11-27)42-20-22-44-23-21-42/h5-19,24-25H,20-23H2,1-2,4H3. The fourth-order valence-corrected chi connectivity index (χ4v) is 7.55. The first-order chi connectivity index (χ1) is 21.9. The van der Waals surface area contributed by atoms with Crippen molar-refractivity contribution < 1.29 is 14.2 Å². The fraction of sp³-hybridized carbons (Fsp3) is 0.225. The SMILES string of the molecule is [C-]#[N+]c1ccc2c(c1)C(C)(C)c1c3c(c4cc(OC)ccc4c1-2)OC(c1ccccc1)(c1ccc(N2CCOCC2)cc1)C=C3. The third kappa shape index (κ3) is 4.10. The number of hydrogen-bond acceptors (Lipinski definition) is 4. The van der Waals surface area contributed by atoms with Crippen molar-refractivity contribution in [3.05, 3.63) is 136 Å². The average molecular weight is 591 g/mol. The monoisotopic (exact) mass is 590 g/mol. The van der Waals surface area contributed by atoms with Crippen molar-refractivity contribution in [2.75, 3.05) is 38.3 Å². The van der Waals surface area contributed by atoms with Crippen molar-refractivity contribution in [3.63, 3.8) is 0 Å². The number of anilines is 1. The van der Waals surface area contributed by atoms with Crippen LogP contribution in [0.1, 0.15) is 41.7 Å². The summed E-state index contributed by atoms with van der Waals surface area (Å²) in [6, 6.07) is 31.7. The maximum atomic E-state index is 7.67. The zero-order chi connectivity index (χ0) is 30.8. The van der Waals surface area contributed by atoms with Crippen LogP contribution >= 0.6 is 0 Å². The summed E-state index contributed by atoms with van der Waals surface area (Å²) in [6.07, 6.45) is 4.49. The van der Waals surface area contributed by atoms with Gasteiger partial charge in [0.25, 0.3) is 0 Å². The molecule has 5 aromatic carbocycles. The molecule has 2 heterocycles. The molecular formula is C40H34N2O3. The highest BCUT2D eigenvalue weighted by molar-refractivity contribution is 6.09. The summed E-state index contributed by atoms with van der Waals surface area (Å²) in [6.45, 7) is 15.5. The van der Waals surface area contributed by atoms with Gasteiger partial charge in [-0.15, -0.1) is 0 Å². The molecule has 5 aromatic rings. The lowest BCUT2D eigenvalue weighted by molar-refractivity contribution is 0.122. The highest BCUT2D eigenvalue weighted by Crippen LogP contribution is 2.58. The van der Waals surface area contributed by atoms with Gasteiger partial charge in [-0.25, -0.2) is 4.85 Å². The van der Waals surface area contributed by atoms with Crippen LogP contribution in [0.25, 0.3) is 32.8 Å². The number of benzene rings is 5. The topological polar surface area (TPSA) is 35.3 Å². The molecule has 0 amide bonds. The zero-order valence-electron chi connectivity index (χ0n) is 25.8. The molecule has 2 aliphatic heterocycles. The van der Waals surface area contributed by atoms with Crippen molar-refractivity contribution in [2.24, 2.45) is 0 Å². The van der Waals surface area contributed by atoms with Crippen molar-refractivity contribution in [2.45, 2.75) is 24.9 Å². The summed E-state index contributed by atoms with van der Waals surface area (Å²) in [4.78, 5) is 6.13. The van der Waals surface area contributed by atoms with E-state index in [9.17, 15) is 0 Å². The van der Waals surface area contributed by atoms with E-state index >= 15 is 0 Å². The van der Waals surface area contributed by atoms with E-state index in [4.69, 9.17) is 20.8 Å². The summed E-state index contributed by atoms with van der Waals surface area (Å²) in [5.74, 6) is 1.63. The molecule has 0 N–H and O–H groups in total. The second kappa shape index (κ2) is 10.3. The molecule has 1 saturated heterocycles. The highest BCUT2D eigenvalue weighted by atomic mass is 16.5. The molecule has 0 spiro atoms. The number of hydrogen-bond donors (Lipinski definition) is 0. The molecule has 5 heteroatoms. The number of ether oxygens (including phenoxy) is 3. The molecule has 1 fully saturated rings. The zero-order valence-corrected chi connectivity index (χ0v) is 25.8. The second-order valence-corrected chi connectivity index (χ2v) is 12.6. The number of nitrogens with zero attached hydrogens (tertiary/aromatic N) is 2. The van der Waals surface area contributed by atoms with Gasteiger partial charge < -0.3 is 19.1 Å². The summed E-state index contributed by atoms with van der Waals surface area (Å²) < 4.78 is 18.8. The Kier molecular flexibility index (Phi) is 6.27. The first-order valence-corrected chi connectivity index (χ1v) is 15.5. The van der Waals surface area contributed by atoms with Gasteiger partial charge in [-0.2, -0.15) is 0 Å². The Bertz CT molecular complexity index is 2030. The third-order valence-electron chi connectivity index (χ3n) is 9.83.